The molecule has 1 saturated heterocycles. The molecule has 8 heteroatoms. The number of amides is 2. The molecule has 2 amide bonds. The lowest BCUT2D eigenvalue weighted by molar-refractivity contribution is -0.133. The number of piperidine rings is 1. The third-order valence-corrected chi connectivity index (χ3v) is 7.95. The molecule has 8 nitrogen and oxygen atoms in total. The first-order chi connectivity index (χ1) is 20.6. The van der Waals surface area contributed by atoms with E-state index in [1.165, 1.54) is 0 Å². The highest BCUT2D eigenvalue weighted by molar-refractivity contribution is 6.04. The lowest BCUT2D eigenvalue weighted by Gasteiger charge is -2.26. The summed E-state index contributed by atoms with van der Waals surface area (Å²) >= 11 is 0. The van der Waals surface area contributed by atoms with Gasteiger partial charge in [-0.15, -0.1) is 0 Å². The van der Waals surface area contributed by atoms with Crippen LogP contribution >= 0.6 is 0 Å². The van der Waals surface area contributed by atoms with E-state index in [0.717, 1.165) is 91.4 Å². The summed E-state index contributed by atoms with van der Waals surface area (Å²) in [5.41, 5.74) is 5.42. The molecule has 6 rings (SSSR count). The number of aromatic nitrogens is 4. The van der Waals surface area contributed by atoms with E-state index in [9.17, 15) is 9.59 Å². The molecular formula is C34H36N6O2. The topological polar surface area (TPSA) is 95.9 Å². The number of likely N-dealkylation sites (tertiary alicyclic amines) is 1. The van der Waals surface area contributed by atoms with Gasteiger partial charge in [-0.05, 0) is 79.6 Å². The Morgan fingerprint density at radius 2 is 1.76 bits per heavy atom. The van der Waals surface area contributed by atoms with Crippen molar-refractivity contribution in [3.63, 3.8) is 0 Å². The highest BCUT2D eigenvalue weighted by atomic mass is 16.2. The summed E-state index contributed by atoms with van der Waals surface area (Å²) in [5, 5.41) is 11.2. The Labute approximate surface area is 245 Å². The van der Waals surface area contributed by atoms with Gasteiger partial charge in [0.25, 0.3) is 5.91 Å². The van der Waals surface area contributed by atoms with Crippen LogP contribution in [0.25, 0.3) is 27.7 Å². The fraction of sp³-hybridized carbons (Fsp3) is 0.294. The molecule has 1 fully saturated rings. The molecule has 0 bridgehead atoms. The number of nitrogens with one attached hydrogen (secondary N) is 2. The average molecular weight is 561 g/mol. The van der Waals surface area contributed by atoms with Crippen molar-refractivity contribution in [2.75, 3.05) is 18.4 Å². The molecule has 0 saturated carbocycles. The Morgan fingerprint density at radius 3 is 2.64 bits per heavy atom. The standard InChI is InChI=1S/C34H36N6O2/c41-32-16-7-9-20-39(32)19-8-2-1-4-13-29-24-40(30-14-5-3-6-15-30)34(36-29)37-33(42)27-12-10-11-25(21-27)26-17-18-31-28(22-26)23-35-38-31/h3,5-6,10-12,14-15,17-18,21-24H,1-2,4,7-9,13,16,19-20H2,(H,35,38)(H,36,37,42). The second-order valence-corrected chi connectivity index (χ2v) is 11.0. The minimum Gasteiger partial charge on any atom is -0.343 e. The van der Waals surface area contributed by atoms with Crippen LogP contribution in [0, 0.1) is 0 Å². The summed E-state index contributed by atoms with van der Waals surface area (Å²) in [6.45, 7) is 1.78. The van der Waals surface area contributed by atoms with Crippen LogP contribution in [0.5, 0.6) is 0 Å². The number of H-pyrrole nitrogens is 1. The molecule has 3 heterocycles. The number of carbonyl (C=O) groups excluding carboxylic acids is 2. The zero-order chi connectivity index (χ0) is 28.7. The summed E-state index contributed by atoms with van der Waals surface area (Å²) in [4.78, 5) is 32.3. The zero-order valence-electron chi connectivity index (χ0n) is 23.8. The van der Waals surface area contributed by atoms with Crippen LogP contribution in [0.1, 0.15) is 61.0 Å². The maximum atomic E-state index is 13.4. The summed E-state index contributed by atoms with van der Waals surface area (Å²) in [5.74, 6) is 0.614. The highest BCUT2D eigenvalue weighted by Gasteiger charge is 2.17. The van der Waals surface area contributed by atoms with Gasteiger partial charge in [0.15, 0.2) is 0 Å². The normalized spacial score (nSPS) is 13.5. The monoisotopic (exact) mass is 560 g/mol. The summed E-state index contributed by atoms with van der Waals surface area (Å²) in [6.07, 6.45) is 11.7. The number of hydrogen-bond acceptors (Lipinski definition) is 4. The summed E-state index contributed by atoms with van der Waals surface area (Å²) in [7, 11) is 0. The van der Waals surface area contributed by atoms with Crippen LogP contribution in [-0.2, 0) is 11.2 Å². The van der Waals surface area contributed by atoms with E-state index in [0.29, 0.717) is 23.8 Å². The van der Waals surface area contributed by atoms with Gasteiger partial charge < -0.3 is 4.90 Å². The first kappa shape index (κ1) is 27.4. The number of unbranched alkanes of at least 4 members (excludes halogenated alkanes) is 3. The van der Waals surface area contributed by atoms with Crippen LogP contribution in [0.3, 0.4) is 0 Å². The van der Waals surface area contributed by atoms with Crippen molar-refractivity contribution in [1.82, 2.24) is 24.6 Å². The number of anilines is 1. The zero-order valence-corrected chi connectivity index (χ0v) is 23.8. The first-order valence-electron chi connectivity index (χ1n) is 14.9. The van der Waals surface area contributed by atoms with Crippen LogP contribution in [0.4, 0.5) is 5.95 Å². The van der Waals surface area contributed by atoms with E-state index in [1.54, 1.807) is 6.20 Å². The molecule has 2 aromatic heterocycles. The van der Waals surface area contributed by atoms with E-state index in [4.69, 9.17) is 4.98 Å². The minimum absolute atomic E-state index is 0.206. The van der Waals surface area contributed by atoms with Gasteiger partial charge in [0.2, 0.25) is 11.9 Å². The number of carbonyl (C=O) groups is 2. The number of hydrogen-bond donors (Lipinski definition) is 2. The van der Waals surface area contributed by atoms with Gasteiger partial charge >= 0.3 is 0 Å². The Bertz CT molecular complexity index is 1670. The molecule has 0 spiro atoms. The molecule has 2 N–H and O–H groups in total. The van der Waals surface area contributed by atoms with Gasteiger partial charge in [0, 0.05) is 42.3 Å². The largest absolute Gasteiger partial charge is 0.343 e. The van der Waals surface area contributed by atoms with Crippen LogP contribution in [0.15, 0.2) is 85.2 Å². The maximum Gasteiger partial charge on any atom is 0.258 e. The maximum absolute atomic E-state index is 13.4. The average Bonchev–Trinajstić information content (AvgIpc) is 3.67. The van der Waals surface area contributed by atoms with Crippen molar-refractivity contribution in [2.24, 2.45) is 0 Å². The van der Waals surface area contributed by atoms with E-state index in [-0.39, 0.29) is 5.91 Å². The molecule has 3 aromatic carbocycles. The molecule has 0 aliphatic carbocycles. The van der Waals surface area contributed by atoms with Gasteiger partial charge in [-0.2, -0.15) is 5.10 Å². The van der Waals surface area contributed by atoms with E-state index >= 15 is 0 Å². The number of benzene rings is 3. The Balaban J connectivity index is 1.11. The predicted octanol–water partition coefficient (Wildman–Crippen LogP) is 6.78. The molecule has 1 aliphatic rings. The van der Waals surface area contributed by atoms with E-state index in [2.05, 4.69) is 21.6 Å². The van der Waals surface area contributed by atoms with Crippen LogP contribution in [-0.4, -0.2) is 49.6 Å². The number of nitrogens with zero attached hydrogens (tertiary/aromatic N) is 4. The van der Waals surface area contributed by atoms with Crippen molar-refractivity contribution in [3.8, 4) is 16.8 Å². The van der Waals surface area contributed by atoms with E-state index < -0.39 is 0 Å². The van der Waals surface area contributed by atoms with Crippen LogP contribution < -0.4 is 5.32 Å². The third kappa shape index (κ3) is 6.43. The quantitative estimate of drug-likeness (QED) is 0.174. The van der Waals surface area contributed by atoms with E-state index in [1.807, 2.05) is 82.4 Å². The van der Waals surface area contributed by atoms with Gasteiger partial charge in [0.05, 0.1) is 17.4 Å². The summed E-state index contributed by atoms with van der Waals surface area (Å²) < 4.78 is 1.95. The molecule has 214 valence electrons. The Hall–Kier alpha value is -4.72. The van der Waals surface area contributed by atoms with Gasteiger partial charge in [0.1, 0.15) is 0 Å². The third-order valence-electron chi connectivity index (χ3n) is 7.95. The number of aromatic amines is 1. The SMILES string of the molecule is O=C(Nc1nc(CCCCCCN2CCCCC2=O)cn1-c1ccccc1)c1cccc(-c2ccc3[nH]ncc3c2)c1. The molecule has 5 aromatic rings. The molecule has 0 unspecified atom stereocenters. The number of aryl methyl sites for hydroxylation is 1. The van der Waals surface area contributed by atoms with Crippen molar-refractivity contribution >= 4 is 28.7 Å². The van der Waals surface area contributed by atoms with Crippen molar-refractivity contribution in [2.45, 2.75) is 51.4 Å². The number of fused-ring (bicyclic) bond motifs is 1. The Morgan fingerprint density at radius 1 is 0.905 bits per heavy atom. The van der Waals surface area contributed by atoms with Gasteiger partial charge in [-0.1, -0.05) is 49.2 Å². The fourth-order valence-electron chi connectivity index (χ4n) is 5.62. The number of imidazole rings is 1. The smallest absolute Gasteiger partial charge is 0.258 e. The second-order valence-electron chi connectivity index (χ2n) is 11.0. The number of para-hydroxylation sites is 1. The summed E-state index contributed by atoms with van der Waals surface area (Å²) in [6, 6.07) is 23.7. The van der Waals surface area contributed by atoms with Crippen molar-refractivity contribution in [3.05, 3.63) is 96.4 Å². The lowest BCUT2D eigenvalue weighted by Crippen LogP contribution is -2.35. The molecule has 42 heavy (non-hydrogen) atoms. The lowest BCUT2D eigenvalue weighted by atomic mass is 10.0. The van der Waals surface area contributed by atoms with Gasteiger partial charge in [-0.25, -0.2) is 4.98 Å². The molecular weight excluding hydrogens is 524 g/mol. The van der Waals surface area contributed by atoms with Crippen molar-refractivity contribution < 1.29 is 9.59 Å². The second kappa shape index (κ2) is 12.9. The van der Waals surface area contributed by atoms with Gasteiger partial charge in [-0.3, -0.25) is 24.6 Å². The first-order valence-corrected chi connectivity index (χ1v) is 14.9. The molecule has 0 atom stereocenters. The van der Waals surface area contributed by atoms with Crippen LogP contribution in [0.2, 0.25) is 0 Å². The predicted molar refractivity (Wildman–Crippen MR) is 166 cm³/mol. The molecule has 0 radical (unpaired) electrons. The highest BCUT2D eigenvalue weighted by Crippen LogP contribution is 2.25. The van der Waals surface area contributed by atoms with Crippen molar-refractivity contribution in [1.29, 1.82) is 0 Å². The Kier molecular flexibility index (Phi) is 8.40. The molecule has 1 aliphatic heterocycles. The number of rotatable bonds is 11. The fourth-order valence-corrected chi connectivity index (χ4v) is 5.62. The minimum atomic E-state index is -0.206.